The van der Waals surface area contributed by atoms with E-state index in [9.17, 15) is 0 Å². The number of nitrogens with zero attached hydrogens (tertiary/aromatic N) is 2. The van der Waals surface area contributed by atoms with Crippen LogP contribution in [0.15, 0.2) is 22.6 Å². The van der Waals surface area contributed by atoms with Crippen LogP contribution < -0.4 is 9.47 Å². The van der Waals surface area contributed by atoms with Crippen LogP contribution in [0.25, 0.3) is 11.5 Å². The van der Waals surface area contributed by atoms with Crippen molar-refractivity contribution in [1.82, 2.24) is 10.2 Å². The summed E-state index contributed by atoms with van der Waals surface area (Å²) in [6.07, 6.45) is 4.05. The number of rotatable bonds is 7. The SMILES string of the molecule is COc1cc(-c2nnc(C3CCCCO3)o2)ccc1OCCC(C)C. The summed E-state index contributed by atoms with van der Waals surface area (Å²) in [4.78, 5) is 0. The van der Waals surface area contributed by atoms with Crippen LogP contribution in [0.2, 0.25) is 0 Å². The Kier molecular flexibility index (Phi) is 5.91. The number of hydrogen-bond acceptors (Lipinski definition) is 6. The van der Waals surface area contributed by atoms with Crippen LogP contribution in [0, 0.1) is 5.92 Å². The Bertz CT molecular complexity index is 678. The Morgan fingerprint density at radius 2 is 2.08 bits per heavy atom. The summed E-state index contributed by atoms with van der Waals surface area (Å²) < 4.78 is 22.8. The van der Waals surface area contributed by atoms with Crippen molar-refractivity contribution in [3.8, 4) is 23.0 Å². The lowest BCUT2D eigenvalue weighted by atomic mass is 10.1. The van der Waals surface area contributed by atoms with Crippen LogP contribution >= 0.6 is 0 Å². The molecule has 0 saturated carbocycles. The Balaban J connectivity index is 1.73. The van der Waals surface area contributed by atoms with Gasteiger partial charge in [-0.1, -0.05) is 13.8 Å². The van der Waals surface area contributed by atoms with Gasteiger partial charge in [-0.25, -0.2) is 0 Å². The second kappa shape index (κ2) is 8.34. The van der Waals surface area contributed by atoms with E-state index < -0.39 is 0 Å². The lowest BCUT2D eigenvalue weighted by molar-refractivity contribution is -0.00126. The summed E-state index contributed by atoms with van der Waals surface area (Å²) in [7, 11) is 1.63. The number of ether oxygens (including phenoxy) is 3. The predicted molar refractivity (Wildman–Crippen MR) is 93.8 cm³/mol. The molecule has 2 aromatic rings. The van der Waals surface area contributed by atoms with E-state index in [0.29, 0.717) is 30.1 Å². The van der Waals surface area contributed by atoms with Crippen molar-refractivity contribution in [2.45, 2.75) is 45.6 Å². The average Bonchev–Trinajstić information content (AvgIpc) is 3.12. The topological polar surface area (TPSA) is 66.6 Å². The predicted octanol–water partition coefficient (Wildman–Crippen LogP) is 4.41. The highest BCUT2D eigenvalue weighted by Crippen LogP contribution is 2.34. The highest BCUT2D eigenvalue weighted by molar-refractivity contribution is 5.59. The Labute approximate surface area is 148 Å². The van der Waals surface area contributed by atoms with Crippen molar-refractivity contribution in [2.24, 2.45) is 5.92 Å². The van der Waals surface area contributed by atoms with E-state index >= 15 is 0 Å². The Morgan fingerprint density at radius 1 is 1.20 bits per heavy atom. The Morgan fingerprint density at radius 3 is 2.80 bits per heavy atom. The molecule has 136 valence electrons. The lowest BCUT2D eigenvalue weighted by Gasteiger charge is -2.18. The number of hydrogen-bond donors (Lipinski definition) is 0. The van der Waals surface area contributed by atoms with E-state index in [1.165, 1.54) is 0 Å². The third kappa shape index (κ3) is 4.51. The van der Waals surface area contributed by atoms with Crippen LogP contribution in [0.1, 0.15) is 51.5 Å². The van der Waals surface area contributed by atoms with Gasteiger partial charge >= 0.3 is 0 Å². The smallest absolute Gasteiger partial charge is 0.248 e. The minimum atomic E-state index is -0.0875. The first-order valence-electron chi connectivity index (χ1n) is 8.93. The molecule has 1 unspecified atom stereocenters. The fourth-order valence-corrected chi connectivity index (χ4v) is 2.74. The highest BCUT2D eigenvalue weighted by atomic mass is 16.5. The minimum Gasteiger partial charge on any atom is -0.493 e. The van der Waals surface area contributed by atoms with Gasteiger partial charge in [0.15, 0.2) is 11.5 Å². The molecule has 1 aromatic heterocycles. The summed E-state index contributed by atoms with van der Waals surface area (Å²) in [5.74, 6) is 3.00. The van der Waals surface area contributed by atoms with Gasteiger partial charge < -0.3 is 18.6 Å². The second-order valence-corrected chi connectivity index (χ2v) is 6.70. The van der Waals surface area contributed by atoms with Gasteiger partial charge in [-0.05, 0) is 49.8 Å². The third-order valence-corrected chi connectivity index (χ3v) is 4.26. The molecule has 0 radical (unpaired) electrons. The molecule has 6 heteroatoms. The van der Waals surface area contributed by atoms with Crippen molar-refractivity contribution in [3.05, 3.63) is 24.1 Å². The maximum absolute atomic E-state index is 5.82. The van der Waals surface area contributed by atoms with Gasteiger partial charge in [-0.15, -0.1) is 10.2 Å². The van der Waals surface area contributed by atoms with Crippen molar-refractivity contribution >= 4 is 0 Å². The fraction of sp³-hybridized carbons (Fsp3) is 0.579. The standard InChI is InChI=1S/C19H26N2O4/c1-13(2)9-11-24-15-8-7-14(12-17(15)22-3)18-20-21-19(25-18)16-6-4-5-10-23-16/h7-8,12-13,16H,4-6,9-11H2,1-3H3. The first-order chi connectivity index (χ1) is 12.2. The first kappa shape index (κ1) is 17.7. The molecular weight excluding hydrogens is 320 g/mol. The summed E-state index contributed by atoms with van der Waals surface area (Å²) in [6, 6.07) is 5.66. The third-order valence-electron chi connectivity index (χ3n) is 4.26. The van der Waals surface area contributed by atoms with E-state index in [0.717, 1.165) is 43.6 Å². The summed E-state index contributed by atoms with van der Waals surface area (Å²) in [5.41, 5.74) is 0.808. The van der Waals surface area contributed by atoms with Gasteiger partial charge in [-0.2, -0.15) is 0 Å². The van der Waals surface area contributed by atoms with Crippen LogP contribution in [0.4, 0.5) is 0 Å². The first-order valence-corrected chi connectivity index (χ1v) is 8.93. The van der Waals surface area contributed by atoms with Gasteiger partial charge in [0.1, 0.15) is 6.10 Å². The molecular formula is C19H26N2O4. The molecule has 6 nitrogen and oxygen atoms in total. The minimum absolute atomic E-state index is 0.0875. The zero-order valence-electron chi connectivity index (χ0n) is 15.2. The van der Waals surface area contributed by atoms with E-state index in [2.05, 4.69) is 24.0 Å². The molecule has 3 rings (SSSR count). The molecule has 1 aromatic carbocycles. The Hall–Kier alpha value is -2.08. The van der Waals surface area contributed by atoms with Crippen LogP contribution in [-0.4, -0.2) is 30.5 Å². The van der Waals surface area contributed by atoms with Crippen molar-refractivity contribution in [1.29, 1.82) is 0 Å². The molecule has 1 saturated heterocycles. The normalized spacial score (nSPS) is 17.7. The van der Waals surface area contributed by atoms with Gasteiger partial charge in [0.2, 0.25) is 11.8 Å². The zero-order valence-corrected chi connectivity index (χ0v) is 15.2. The molecule has 0 spiro atoms. The molecule has 25 heavy (non-hydrogen) atoms. The summed E-state index contributed by atoms with van der Waals surface area (Å²) in [6.45, 7) is 5.76. The number of methoxy groups -OCH3 is 1. The maximum atomic E-state index is 5.82. The highest BCUT2D eigenvalue weighted by Gasteiger charge is 2.22. The molecule has 1 aliphatic rings. The lowest BCUT2D eigenvalue weighted by Crippen LogP contribution is -2.11. The van der Waals surface area contributed by atoms with Gasteiger partial charge in [0, 0.05) is 12.2 Å². The molecule has 2 heterocycles. The monoisotopic (exact) mass is 346 g/mol. The molecule has 1 fully saturated rings. The van der Waals surface area contributed by atoms with E-state index in [4.69, 9.17) is 18.6 Å². The molecule has 0 bridgehead atoms. The van der Waals surface area contributed by atoms with Gasteiger partial charge in [0.05, 0.1) is 13.7 Å². The number of aromatic nitrogens is 2. The number of benzene rings is 1. The van der Waals surface area contributed by atoms with E-state index in [1.54, 1.807) is 7.11 Å². The largest absolute Gasteiger partial charge is 0.493 e. The van der Waals surface area contributed by atoms with Gasteiger partial charge in [-0.3, -0.25) is 0 Å². The van der Waals surface area contributed by atoms with Crippen LogP contribution in [0.3, 0.4) is 0 Å². The molecule has 0 aliphatic carbocycles. The fourth-order valence-electron chi connectivity index (χ4n) is 2.74. The maximum Gasteiger partial charge on any atom is 0.248 e. The van der Waals surface area contributed by atoms with Gasteiger partial charge in [0.25, 0.3) is 0 Å². The van der Waals surface area contributed by atoms with E-state index in [-0.39, 0.29) is 6.10 Å². The van der Waals surface area contributed by atoms with Crippen LogP contribution in [-0.2, 0) is 4.74 Å². The molecule has 1 atom stereocenters. The zero-order chi connectivity index (χ0) is 17.6. The molecule has 1 aliphatic heterocycles. The summed E-state index contributed by atoms with van der Waals surface area (Å²) >= 11 is 0. The van der Waals surface area contributed by atoms with E-state index in [1.807, 2.05) is 18.2 Å². The van der Waals surface area contributed by atoms with Crippen LogP contribution in [0.5, 0.6) is 11.5 Å². The molecule has 0 N–H and O–H groups in total. The van der Waals surface area contributed by atoms with Crippen molar-refractivity contribution in [3.63, 3.8) is 0 Å². The second-order valence-electron chi connectivity index (χ2n) is 6.70. The average molecular weight is 346 g/mol. The quantitative estimate of drug-likeness (QED) is 0.740. The van der Waals surface area contributed by atoms with Crippen molar-refractivity contribution < 1.29 is 18.6 Å². The molecule has 0 amide bonds. The summed E-state index contributed by atoms with van der Waals surface area (Å²) in [5, 5.41) is 8.31. The van der Waals surface area contributed by atoms with Crippen molar-refractivity contribution in [2.75, 3.05) is 20.3 Å².